The maximum absolute atomic E-state index is 14.6. The van der Waals surface area contributed by atoms with Crippen LogP contribution in [0.15, 0.2) is 59.0 Å². The van der Waals surface area contributed by atoms with E-state index in [-0.39, 0.29) is 96.8 Å². The third-order valence-corrected chi connectivity index (χ3v) is 16.1. The summed E-state index contributed by atoms with van der Waals surface area (Å²) in [7, 11) is 0. The van der Waals surface area contributed by atoms with Crippen molar-refractivity contribution in [1.29, 1.82) is 0 Å². The minimum absolute atomic E-state index is 0.0405. The van der Waals surface area contributed by atoms with E-state index in [9.17, 15) is 28.8 Å². The van der Waals surface area contributed by atoms with E-state index in [1.165, 1.54) is 4.90 Å². The number of carbonyl (C=O) groups is 6. The quantitative estimate of drug-likeness (QED) is 0.0351. The lowest BCUT2D eigenvalue weighted by atomic mass is 9.85. The number of carbonyl (C=O) groups excluding carboxylic acids is 6. The molecule has 20 nitrogen and oxygen atoms in total. The Labute approximate surface area is 492 Å². The number of rotatable bonds is 26. The van der Waals surface area contributed by atoms with Crippen LogP contribution in [0.1, 0.15) is 131 Å². The highest BCUT2D eigenvalue weighted by Gasteiger charge is 2.46. The highest BCUT2D eigenvalue weighted by Crippen LogP contribution is 2.40. The molecule has 4 atom stereocenters. The number of esters is 2. The second-order valence-corrected chi connectivity index (χ2v) is 24.9. The summed E-state index contributed by atoms with van der Waals surface area (Å²) in [6, 6.07) is 12.6. The molecular formula is C59H76ClN9O11S2. The fourth-order valence-electron chi connectivity index (χ4n) is 9.48. The molecule has 23 heteroatoms. The van der Waals surface area contributed by atoms with Crippen LogP contribution in [-0.2, 0) is 59.0 Å². The number of fused-ring (bicyclic) bond motifs is 3. The maximum Gasteiger partial charge on any atom is 0.306 e. The van der Waals surface area contributed by atoms with Gasteiger partial charge in [-0.3, -0.25) is 38.3 Å². The van der Waals surface area contributed by atoms with E-state index >= 15 is 0 Å². The molecule has 2 aliphatic heterocycles. The number of aliphatic imine (C=N–C) groups is 1. The summed E-state index contributed by atoms with van der Waals surface area (Å²) < 4.78 is 30.2. The number of aryl methyl sites for hydroxylation is 3. The molecule has 0 unspecified atom stereocenters. The molecule has 2 aliphatic rings. The summed E-state index contributed by atoms with van der Waals surface area (Å²) in [5, 5.41) is 19.2. The smallest absolute Gasteiger partial charge is 0.306 e. The first kappa shape index (κ1) is 63.2. The molecule has 0 bridgehead atoms. The van der Waals surface area contributed by atoms with Gasteiger partial charge in [0.2, 0.25) is 23.6 Å². The SMILES string of the molecule is Cc1ncsc1-c1ccc(CNC(=O)[C@@H]2C[C@@H](OC(=O)CCCCC(=O)OC(C)(C)C)CN2C(=O)[C@@H](NC(=O)COCCOCCOCCNC(=O)C[C@@H]2N=C(c3ccc(Cl)cc3)c3c(sc(C)c3C)-n3c(C)nnc32)C(C)(C)C)cc1. The van der Waals surface area contributed by atoms with Crippen molar-refractivity contribution in [2.45, 2.75) is 144 Å². The van der Waals surface area contributed by atoms with E-state index in [0.29, 0.717) is 29.5 Å². The number of nitrogens with zero attached hydrogens (tertiary/aromatic N) is 6. The van der Waals surface area contributed by atoms with E-state index < -0.39 is 58.9 Å². The minimum Gasteiger partial charge on any atom is -0.460 e. The average Bonchev–Trinajstić information content (AvgIpc) is 4.35. The number of halogens is 1. The van der Waals surface area contributed by atoms with Crippen molar-refractivity contribution in [3.63, 3.8) is 0 Å². The fraction of sp³-hybridized carbons (Fsp3) is 0.525. The summed E-state index contributed by atoms with van der Waals surface area (Å²) >= 11 is 9.44. The zero-order valence-corrected chi connectivity index (χ0v) is 50.9. The van der Waals surface area contributed by atoms with Gasteiger partial charge >= 0.3 is 11.9 Å². The number of hydrogen-bond acceptors (Lipinski definition) is 17. The van der Waals surface area contributed by atoms with Crippen LogP contribution in [0.3, 0.4) is 0 Å². The van der Waals surface area contributed by atoms with Gasteiger partial charge in [-0.25, -0.2) is 4.98 Å². The van der Waals surface area contributed by atoms with Crippen LogP contribution in [0.25, 0.3) is 15.4 Å². The van der Waals surface area contributed by atoms with Crippen molar-refractivity contribution < 1.29 is 52.5 Å². The Hall–Kier alpha value is -6.43. The number of amides is 4. The highest BCUT2D eigenvalue weighted by molar-refractivity contribution is 7.15. The topological polar surface area (TPSA) is 244 Å². The number of unbranched alkanes of at least 4 members (excludes halogenated alkanes) is 1. The summed E-state index contributed by atoms with van der Waals surface area (Å²) in [5.74, 6) is -1.27. The number of benzene rings is 2. The molecule has 442 valence electrons. The second-order valence-electron chi connectivity index (χ2n) is 22.4. The zero-order chi connectivity index (χ0) is 59.3. The van der Waals surface area contributed by atoms with Gasteiger partial charge < -0.3 is 44.5 Å². The number of thiazole rings is 1. The van der Waals surface area contributed by atoms with Crippen LogP contribution in [0.2, 0.25) is 5.02 Å². The van der Waals surface area contributed by atoms with Crippen LogP contribution in [-0.4, -0.2) is 142 Å². The van der Waals surface area contributed by atoms with Crippen molar-refractivity contribution in [3.8, 4) is 15.4 Å². The highest BCUT2D eigenvalue weighted by atomic mass is 35.5. The molecule has 1 saturated heterocycles. The number of thiophene rings is 1. The Morgan fingerprint density at radius 2 is 1.45 bits per heavy atom. The molecule has 0 aliphatic carbocycles. The van der Waals surface area contributed by atoms with Gasteiger partial charge in [-0.15, -0.1) is 32.9 Å². The molecule has 2 aromatic carbocycles. The number of hydrogen-bond donors (Lipinski definition) is 3. The van der Waals surface area contributed by atoms with Crippen molar-refractivity contribution >= 4 is 75.6 Å². The van der Waals surface area contributed by atoms with Gasteiger partial charge in [-0.1, -0.05) is 68.8 Å². The van der Waals surface area contributed by atoms with Crippen LogP contribution in [0.4, 0.5) is 0 Å². The third kappa shape index (κ3) is 17.3. The third-order valence-electron chi connectivity index (χ3n) is 13.7. The van der Waals surface area contributed by atoms with Crippen LogP contribution in [0.5, 0.6) is 0 Å². The van der Waals surface area contributed by atoms with Crippen LogP contribution in [0, 0.1) is 33.1 Å². The lowest BCUT2D eigenvalue weighted by Gasteiger charge is -2.35. The molecule has 0 saturated carbocycles. The predicted octanol–water partition coefficient (Wildman–Crippen LogP) is 8.05. The summed E-state index contributed by atoms with van der Waals surface area (Å²) in [5.41, 5.74) is 6.91. The number of ether oxygens (including phenoxy) is 5. The van der Waals surface area contributed by atoms with Crippen LogP contribution < -0.4 is 16.0 Å². The molecule has 0 radical (unpaired) electrons. The van der Waals surface area contributed by atoms with Crippen molar-refractivity contribution in [1.82, 2.24) is 40.6 Å². The zero-order valence-electron chi connectivity index (χ0n) is 48.5. The van der Waals surface area contributed by atoms with Gasteiger partial charge in [0.1, 0.15) is 47.3 Å². The van der Waals surface area contributed by atoms with Gasteiger partial charge in [0, 0.05) is 53.4 Å². The van der Waals surface area contributed by atoms with Gasteiger partial charge in [0.25, 0.3) is 0 Å². The second kappa shape index (κ2) is 28.7. The van der Waals surface area contributed by atoms with E-state index in [2.05, 4.69) is 45.0 Å². The Bertz CT molecular complexity index is 3070. The van der Waals surface area contributed by atoms with E-state index in [1.54, 1.807) is 69.7 Å². The maximum atomic E-state index is 14.6. The number of nitrogens with one attached hydrogen (secondary N) is 3. The first-order valence-corrected chi connectivity index (χ1v) is 29.7. The average molecular weight is 1190 g/mol. The Morgan fingerprint density at radius 1 is 0.793 bits per heavy atom. The number of aromatic nitrogens is 4. The Morgan fingerprint density at radius 3 is 2.11 bits per heavy atom. The van der Waals surface area contributed by atoms with Crippen LogP contribution >= 0.6 is 34.3 Å². The molecular weight excluding hydrogens is 1110 g/mol. The summed E-state index contributed by atoms with van der Waals surface area (Å²) in [6.07, 6.45) is 0.314. The van der Waals surface area contributed by atoms with E-state index in [0.717, 1.165) is 54.0 Å². The Kier molecular flexibility index (Phi) is 22.1. The molecule has 7 rings (SSSR count). The lowest BCUT2D eigenvalue weighted by Crippen LogP contribution is -2.58. The number of likely N-dealkylation sites (tertiary alicyclic amines) is 1. The van der Waals surface area contributed by atoms with Crippen molar-refractivity contribution in [2.24, 2.45) is 10.4 Å². The fourth-order valence-corrected chi connectivity index (χ4v) is 11.6. The van der Waals surface area contributed by atoms with Gasteiger partial charge in [0.15, 0.2) is 5.82 Å². The van der Waals surface area contributed by atoms with Gasteiger partial charge in [-0.2, -0.15) is 0 Å². The Balaban J connectivity index is 0.844. The molecule has 4 amide bonds. The standard InChI is InChI=1S/C59H76ClN9O11S2/c1-35-37(3)82-57-50(35)51(40-19-21-42(60)22-20-40)64-44(54-67-66-38(4)69(54)57)30-46(70)61-23-24-76-25-26-77-27-28-78-33-47(71)65-53(58(5,6)7)56(75)68-32-43(79-48(72)13-11-12-14-49(73)80-59(8,9)10)29-45(68)55(74)62-31-39-15-17-41(18-16-39)52-36(2)63-34-81-52/h15-22,34,43-45,53H,11-14,23-33H2,1-10H3,(H,61,70)(H,62,74)(H,65,71)/t43-,44+,45+,53-/m1/s1. The van der Waals surface area contributed by atoms with Crippen molar-refractivity contribution in [3.05, 3.63) is 104 Å². The molecule has 3 N–H and O–H groups in total. The molecule has 5 aromatic rings. The largest absolute Gasteiger partial charge is 0.460 e. The molecule has 0 spiro atoms. The first-order valence-electron chi connectivity index (χ1n) is 27.6. The normalized spacial score (nSPS) is 16.4. The van der Waals surface area contributed by atoms with Gasteiger partial charge in [0.05, 0.1) is 67.8 Å². The van der Waals surface area contributed by atoms with E-state index in [4.69, 9.17) is 40.3 Å². The molecule has 82 heavy (non-hydrogen) atoms. The minimum atomic E-state index is -1.07. The molecule has 5 heterocycles. The summed E-state index contributed by atoms with van der Waals surface area (Å²) in [4.78, 5) is 93.7. The summed E-state index contributed by atoms with van der Waals surface area (Å²) in [6.45, 7) is 19.8. The van der Waals surface area contributed by atoms with Gasteiger partial charge in [-0.05, 0) is 95.5 Å². The van der Waals surface area contributed by atoms with Crippen molar-refractivity contribution in [2.75, 3.05) is 52.7 Å². The molecule has 3 aromatic heterocycles. The first-order chi connectivity index (χ1) is 39.0. The lowest BCUT2D eigenvalue weighted by molar-refractivity contribution is -0.155. The predicted molar refractivity (Wildman–Crippen MR) is 313 cm³/mol. The monoisotopic (exact) mass is 1190 g/mol. The van der Waals surface area contributed by atoms with E-state index in [1.807, 2.05) is 66.9 Å². The molecule has 1 fully saturated rings.